The van der Waals surface area contributed by atoms with Crippen molar-refractivity contribution in [2.45, 2.75) is 30.7 Å². The topological polar surface area (TPSA) is 84.6 Å². The van der Waals surface area contributed by atoms with Gasteiger partial charge in [-0.3, -0.25) is 11.1 Å². The third-order valence-electron chi connectivity index (χ3n) is 5.39. The number of hydrogen-bond donors (Lipinski definition) is 1. The van der Waals surface area contributed by atoms with Crippen molar-refractivity contribution < 1.29 is 31.7 Å². The second kappa shape index (κ2) is 14.5. The van der Waals surface area contributed by atoms with Crippen LogP contribution < -0.4 is 24.2 Å². The summed E-state index contributed by atoms with van der Waals surface area (Å²) in [6.07, 6.45) is 16.2. The van der Waals surface area contributed by atoms with Gasteiger partial charge in [-0.2, -0.15) is 26.6 Å². The Morgan fingerprint density at radius 2 is 2.09 bits per heavy atom. The van der Waals surface area contributed by atoms with E-state index in [1.807, 2.05) is 24.3 Å². The Bertz CT molecular complexity index is 1160. The molecule has 1 aliphatic heterocycles. The standard InChI is InChI=1S/C25H25BrFN4O2S.Li/c26-23(16-28)7-1-5-21(12-14-30-18-20-4-2-13-29-17-20)22-6-3-15-31(19-22)34(32,33)25-10-8-24(27)9-11-25;/h2,4-5,8-13,16-17,22,30H,1,3,6,15,18-19H2;/q-3;+1/b21-5+;. The number of hydrogen-bond acceptors (Lipinski definition) is 4. The zero-order valence-electron chi connectivity index (χ0n) is 19.5. The van der Waals surface area contributed by atoms with E-state index in [0.29, 0.717) is 37.0 Å². The van der Waals surface area contributed by atoms with Gasteiger partial charge in [-0.15, -0.1) is 6.42 Å². The van der Waals surface area contributed by atoms with E-state index in [-0.39, 0.29) is 29.7 Å². The smallest absolute Gasteiger partial charge is 0.910 e. The first-order chi connectivity index (χ1) is 16.4. The molecule has 0 amide bonds. The molecule has 3 rings (SSSR count). The maximum absolute atomic E-state index is 13.3. The average Bonchev–Trinajstić information content (AvgIpc) is 2.86. The SMILES string of the molecule is [Li+].[N-]=CC(Br)=[C-]C/C=C(\C=[C-]NCc1cccnc1)C1CCCN(S(=O)(=O)c2ccc(F)cc2)C1. The van der Waals surface area contributed by atoms with Crippen LogP contribution in [0.3, 0.4) is 0 Å². The molecular weight excluding hydrogens is 526 g/mol. The fraction of sp³-hybridized carbons (Fsp3) is 0.280. The van der Waals surface area contributed by atoms with Crippen LogP contribution in [0.1, 0.15) is 24.8 Å². The van der Waals surface area contributed by atoms with Crippen molar-refractivity contribution >= 4 is 32.2 Å². The number of halogens is 2. The predicted octanol–water partition coefficient (Wildman–Crippen LogP) is 1.77. The molecule has 1 atom stereocenters. The monoisotopic (exact) mass is 550 g/mol. The summed E-state index contributed by atoms with van der Waals surface area (Å²) in [7, 11) is -3.73. The van der Waals surface area contributed by atoms with Crippen LogP contribution in [0.5, 0.6) is 0 Å². The minimum atomic E-state index is -3.73. The van der Waals surface area contributed by atoms with E-state index in [1.54, 1.807) is 12.4 Å². The van der Waals surface area contributed by atoms with E-state index < -0.39 is 15.8 Å². The minimum absolute atomic E-state index is 0. The van der Waals surface area contributed by atoms with Gasteiger partial charge >= 0.3 is 18.9 Å². The van der Waals surface area contributed by atoms with E-state index in [9.17, 15) is 12.8 Å². The Morgan fingerprint density at radius 1 is 1.31 bits per heavy atom. The van der Waals surface area contributed by atoms with Crippen LogP contribution in [0.4, 0.5) is 4.39 Å². The number of rotatable bonds is 10. The molecule has 0 aliphatic carbocycles. The number of benzene rings is 1. The molecule has 1 N–H and O–H groups in total. The minimum Gasteiger partial charge on any atom is -0.910 e. The van der Waals surface area contributed by atoms with Gasteiger partial charge in [0.2, 0.25) is 10.0 Å². The van der Waals surface area contributed by atoms with Crippen LogP contribution in [0, 0.1) is 24.0 Å². The van der Waals surface area contributed by atoms with Gasteiger partial charge in [0.25, 0.3) is 0 Å². The third-order valence-corrected chi connectivity index (χ3v) is 7.75. The summed E-state index contributed by atoms with van der Waals surface area (Å²) >= 11 is 3.19. The molecule has 180 valence electrons. The summed E-state index contributed by atoms with van der Waals surface area (Å²) < 4.78 is 41.4. The molecule has 2 aromatic rings. The normalized spacial score (nSPS) is 17.7. The van der Waals surface area contributed by atoms with Gasteiger partial charge in [0.1, 0.15) is 5.82 Å². The zero-order chi connectivity index (χ0) is 24.4. The van der Waals surface area contributed by atoms with Gasteiger partial charge in [-0.25, -0.2) is 18.9 Å². The first kappa shape index (κ1) is 29.2. The molecule has 10 heteroatoms. The van der Waals surface area contributed by atoms with Crippen LogP contribution in [0.15, 0.2) is 75.9 Å². The molecule has 0 saturated carbocycles. The first-order valence-electron chi connectivity index (χ1n) is 10.8. The van der Waals surface area contributed by atoms with Crippen LogP contribution >= 0.6 is 15.9 Å². The summed E-state index contributed by atoms with van der Waals surface area (Å²) in [4.78, 5) is 4.17. The van der Waals surface area contributed by atoms with Crippen LogP contribution in [-0.2, 0) is 16.6 Å². The molecule has 0 radical (unpaired) electrons. The average molecular weight is 551 g/mol. The number of piperidine rings is 1. The van der Waals surface area contributed by atoms with Crippen LogP contribution in [-0.4, -0.2) is 37.0 Å². The molecule has 1 aromatic heterocycles. The van der Waals surface area contributed by atoms with Crippen molar-refractivity contribution in [1.29, 1.82) is 0 Å². The molecule has 2 heterocycles. The maximum atomic E-state index is 13.3. The van der Waals surface area contributed by atoms with Gasteiger partial charge in [0.05, 0.1) is 4.90 Å². The predicted molar refractivity (Wildman–Crippen MR) is 135 cm³/mol. The van der Waals surface area contributed by atoms with Crippen LogP contribution in [0.2, 0.25) is 0 Å². The van der Waals surface area contributed by atoms with E-state index in [4.69, 9.17) is 5.41 Å². The number of aromatic nitrogens is 1. The van der Waals surface area contributed by atoms with Crippen molar-refractivity contribution in [2.24, 2.45) is 5.92 Å². The molecule has 35 heavy (non-hydrogen) atoms. The van der Waals surface area contributed by atoms with Crippen molar-refractivity contribution in [3.8, 4) is 0 Å². The fourth-order valence-electron chi connectivity index (χ4n) is 3.63. The summed E-state index contributed by atoms with van der Waals surface area (Å²) in [6, 6.07) is 8.73. The Labute approximate surface area is 227 Å². The molecule has 6 nitrogen and oxygen atoms in total. The number of pyridine rings is 1. The molecule has 1 fully saturated rings. The molecule has 1 aromatic carbocycles. The largest absolute Gasteiger partial charge is 1.00 e. The summed E-state index contributed by atoms with van der Waals surface area (Å²) in [6.45, 7) is 1.28. The number of nitrogens with zero attached hydrogens (tertiary/aromatic N) is 3. The van der Waals surface area contributed by atoms with Crippen molar-refractivity contribution in [1.82, 2.24) is 14.6 Å². The Hall–Kier alpha value is -2.02. The Kier molecular flexibility index (Phi) is 12.1. The molecule has 0 spiro atoms. The number of allylic oxidation sites excluding steroid dienone is 4. The van der Waals surface area contributed by atoms with Gasteiger partial charge in [0.15, 0.2) is 0 Å². The van der Waals surface area contributed by atoms with Crippen molar-refractivity contribution in [3.63, 3.8) is 0 Å². The molecule has 1 aliphatic rings. The quantitative estimate of drug-likeness (QED) is 0.161. The zero-order valence-corrected chi connectivity index (χ0v) is 21.9. The third kappa shape index (κ3) is 8.85. The summed E-state index contributed by atoms with van der Waals surface area (Å²) in [5.74, 6) is -0.522. The van der Waals surface area contributed by atoms with Crippen molar-refractivity contribution in [3.05, 3.63) is 100 Å². The van der Waals surface area contributed by atoms with Crippen LogP contribution in [0.25, 0.3) is 5.41 Å². The second-order valence-electron chi connectivity index (χ2n) is 7.72. The fourth-order valence-corrected chi connectivity index (χ4v) is 5.32. The van der Waals surface area contributed by atoms with Gasteiger partial charge in [-0.05, 0) is 42.3 Å². The van der Waals surface area contributed by atoms with Gasteiger partial charge in [-0.1, -0.05) is 34.3 Å². The second-order valence-corrected chi connectivity index (χ2v) is 10.5. The van der Waals surface area contributed by atoms with E-state index >= 15 is 0 Å². The molecule has 1 unspecified atom stereocenters. The first-order valence-corrected chi connectivity index (χ1v) is 13.0. The Balaban J connectivity index is 0.00000432. The number of nitrogens with one attached hydrogen (secondary N) is 1. The van der Waals surface area contributed by atoms with Gasteiger partial charge < -0.3 is 16.9 Å². The Morgan fingerprint density at radius 3 is 2.77 bits per heavy atom. The molecule has 0 bridgehead atoms. The van der Waals surface area contributed by atoms with E-state index in [1.165, 1.54) is 16.4 Å². The molecular formula is C25H25BrFLiN4O2S-2. The number of sulfonamides is 1. The van der Waals surface area contributed by atoms with E-state index in [2.05, 4.69) is 38.5 Å². The molecule has 1 saturated heterocycles. The summed E-state index contributed by atoms with van der Waals surface area (Å²) in [5, 5.41) is 12.2. The van der Waals surface area contributed by atoms with Crippen molar-refractivity contribution in [2.75, 3.05) is 13.1 Å². The van der Waals surface area contributed by atoms with E-state index in [0.717, 1.165) is 35.9 Å². The summed E-state index contributed by atoms with van der Waals surface area (Å²) in [5.41, 5.74) is 1.94. The van der Waals surface area contributed by atoms with Gasteiger partial charge in [0, 0.05) is 32.0 Å². The maximum Gasteiger partial charge on any atom is 1.00 e.